The number of carbonyl (C=O) groups is 2. The Labute approximate surface area is 145 Å². The molecule has 1 aromatic heterocycles. The molecule has 132 valence electrons. The van der Waals surface area contributed by atoms with E-state index >= 15 is 0 Å². The maximum atomic E-state index is 12.9. The highest BCUT2D eigenvalue weighted by Crippen LogP contribution is 2.25. The molecule has 0 unspecified atom stereocenters. The highest BCUT2D eigenvalue weighted by Gasteiger charge is 2.37. The van der Waals surface area contributed by atoms with E-state index in [1.54, 1.807) is 4.90 Å². The molecule has 0 bridgehead atoms. The molecule has 1 aliphatic rings. The van der Waals surface area contributed by atoms with Gasteiger partial charge in [-0.25, -0.2) is 0 Å². The fraction of sp³-hybridized carbons (Fsp3) is 0.471. The number of aromatic nitrogens is 4. The zero-order valence-corrected chi connectivity index (χ0v) is 14.2. The van der Waals surface area contributed by atoms with Crippen LogP contribution in [0.2, 0.25) is 0 Å². The smallest absolute Gasteiger partial charge is 0.308 e. The third-order valence-corrected chi connectivity index (χ3v) is 4.44. The number of hydrogen-bond donors (Lipinski definition) is 1. The van der Waals surface area contributed by atoms with Crippen LogP contribution in [0.4, 0.5) is 0 Å². The number of carboxylic acids is 1. The summed E-state index contributed by atoms with van der Waals surface area (Å²) in [7, 11) is 0. The number of likely N-dealkylation sites (tertiary alicyclic amines) is 1. The minimum atomic E-state index is -0.860. The summed E-state index contributed by atoms with van der Waals surface area (Å²) in [5.74, 6) is -1.10. The largest absolute Gasteiger partial charge is 0.481 e. The summed E-state index contributed by atoms with van der Waals surface area (Å²) in [5, 5.41) is 21.6. The van der Waals surface area contributed by atoms with Crippen LogP contribution in [0.1, 0.15) is 26.3 Å². The first-order chi connectivity index (χ1) is 12.0. The van der Waals surface area contributed by atoms with E-state index in [9.17, 15) is 9.59 Å². The number of rotatable bonds is 5. The Morgan fingerprint density at radius 3 is 2.56 bits per heavy atom. The second-order valence-electron chi connectivity index (χ2n) is 6.60. The Hall–Kier alpha value is -2.77. The van der Waals surface area contributed by atoms with Gasteiger partial charge in [0, 0.05) is 18.7 Å². The van der Waals surface area contributed by atoms with Gasteiger partial charge in [-0.2, -0.15) is 4.80 Å². The standard InChI is InChI=1S/C17H21N5O3/c1-11(2)14(16(23)21-9-8-13(10-21)17(24)25)22-19-15(18-20-22)12-6-4-3-5-7-12/h3-7,11,13-14H,8-10H2,1-2H3,(H,24,25)/t13-,14+/m0/s1. The molecule has 0 saturated carbocycles. The van der Waals surface area contributed by atoms with Gasteiger partial charge in [-0.3, -0.25) is 9.59 Å². The number of benzene rings is 1. The summed E-state index contributed by atoms with van der Waals surface area (Å²) in [6.07, 6.45) is 0.478. The van der Waals surface area contributed by atoms with E-state index < -0.39 is 17.9 Å². The molecule has 3 rings (SSSR count). The Bertz CT molecular complexity index is 759. The van der Waals surface area contributed by atoms with Gasteiger partial charge in [-0.15, -0.1) is 10.2 Å². The van der Waals surface area contributed by atoms with E-state index in [4.69, 9.17) is 5.11 Å². The summed E-state index contributed by atoms with van der Waals surface area (Å²) in [5.41, 5.74) is 0.829. The van der Waals surface area contributed by atoms with Crippen molar-refractivity contribution in [1.82, 2.24) is 25.1 Å². The topological polar surface area (TPSA) is 101 Å². The Morgan fingerprint density at radius 2 is 1.96 bits per heavy atom. The monoisotopic (exact) mass is 343 g/mol. The highest BCUT2D eigenvalue weighted by molar-refractivity contribution is 5.82. The van der Waals surface area contributed by atoms with E-state index in [0.29, 0.717) is 18.8 Å². The molecule has 8 heteroatoms. The highest BCUT2D eigenvalue weighted by atomic mass is 16.4. The number of amides is 1. The molecule has 8 nitrogen and oxygen atoms in total. The van der Waals surface area contributed by atoms with Gasteiger partial charge < -0.3 is 10.0 Å². The van der Waals surface area contributed by atoms with Crippen LogP contribution in [0.5, 0.6) is 0 Å². The molecule has 25 heavy (non-hydrogen) atoms. The lowest BCUT2D eigenvalue weighted by molar-refractivity contribution is -0.141. The predicted octanol–water partition coefficient (Wildman–Crippen LogP) is 1.47. The lowest BCUT2D eigenvalue weighted by Gasteiger charge is -2.24. The van der Waals surface area contributed by atoms with Crippen molar-refractivity contribution in [2.45, 2.75) is 26.3 Å². The first kappa shape index (κ1) is 17.1. The Morgan fingerprint density at radius 1 is 1.24 bits per heavy atom. The van der Waals surface area contributed by atoms with E-state index in [1.807, 2.05) is 44.2 Å². The van der Waals surface area contributed by atoms with Crippen molar-refractivity contribution in [2.24, 2.45) is 11.8 Å². The van der Waals surface area contributed by atoms with Crippen molar-refractivity contribution in [3.63, 3.8) is 0 Å². The van der Waals surface area contributed by atoms with Crippen molar-refractivity contribution in [3.8, 4) is 11.4 Å². The minimum absolute atomic E-state index is 0.0470. The third kappa shape index (κ3) is 3.52. The van der Waals surface area contributed by atoms with Crippen molar-refractivity contribution in [2.75, 3.05) is 13.1 Å². The number of carboxylic acid groups (broad SMARTS) is 1. The third-order valence-electron chi connectivity index (χ3n) is 4.44. The van der Waals surface area contributed by atoms with Crippen LogP contribution in [0.3, 0.4) is 0 Å². The van der Waals surface area contributed by atoms with Crippen LogP contribution >= 0.6 is 0 Å². The number of aliphatic carboxylic acids is 1. The minimum Gasteiger partial charge on any atom is -0.481 e. The van der Waals surface area contributed by atoms with Gasteiger partial charge in [-0.05, 0) is 17.6 Å². The summed E-state index contributed by atoms with van der Waals surface area (Å²) < 4.78 is 0. The molecule has 2 aromatic rings. The fourth-order valence-corrected chi connectivity index (χ4v) is 3.05. The molecule has 1 amide bonds. The maximum absolute atomic E-state index is 12.9. The maximum Gasteiger partial charge on any atom is 0.308 e. The van der Waals surface area contributed by atoms with Crippen molar-refractivity contribution < 1.29 is 14.7 Å². The van der Waals surface area contributed by atoms with Gasteiger partial charge in [0.2, 0.25) is 11.7 Å². The molecule has 0 radical (unpaired) electrons. The lowest BCUT2D eigenvalue weighted by Crippen LogP contribution is -2.39. The van der Waals surface area contributed by atoms with Gasteiger partial charge >= 0.3 is 5.97 Å². The molecule has 2 atom stereocenters. The van der Waals surface area contributed by atoms with Crippen LogP contribution in [-0.4, -0.2) is 55.2 Å². The predicted molar refractivity (Wildman–Crippen MR) is 89.5 cm³/mol. The van der Waals surface area contributed by atoms with Crippen molar-refractivity contribution >= 4 is 11.9 Å². The first-order valence-corrected chi connectivity index (χ1v) is 8.34. The second-order valence-corrected chi connectivity index (χ2v) is 6.60. The molecule has 1 aromatic carbocycles. The molecule has 1 fully saturated rings. The van der Waals surface area contributed by atoms with Gasteiger partial charge in [0.25, 0.3) is 0 Å². The van der Waals surface area contributed by atoms with E-state index in [-0.39, 0.29) is 18.4 Å². The average Bonchev–Trinajstić information content (AvgIpc) is 3.25. The Balaban J connectivity index is 1.81. The SMILES string of the molecule is CC(C)[C@H](C(=O)N1CC[C@H](C(=O)O)C1)n1nnc(-c2ccccc2)n1. The molecule has 1 aliphatic heterocycles. The van der Waals surface area contributed by atoms with E-state index in [2.05, 4.69) is 15.4 Å². The molecular weight excluding hydrogens is 322 g/mol. The zero-order valence-electron chi connectivity index (χ0n) is 14.2. The quantitative estimate of drug-likeness (QED) is 0.882. The zero-order chi connectivity index (χ0) is 18.0. The van der Waals surface area contributed by atoms with Gasteiger partial charge in [-0.1, -0.05) is 44.2 Å². The van der Waals surface area contributed by atoms with Crippen LogP contribution < -0.4 is 0 Å². The van der Waals surface area contributed by atoms with Crippen molar-refractivity contribution in [1.29, 1.82) is 0 Å². The van der Waals surface area contributed by atoms with Gasteiger partial charge in [0.15, 0.2) is 6.04 Å². The molecule has 1 N–H and O–H groups in total. The Kier molecular flexibility index (Phi) is 4.78. The number of carbonyl (C=O) groups excluding carboxylic acids is 1. The number of tetrazole rings is 1. The van der Waals surface area contributed by atoms with Gasteiger partial charge in [0.05, 0.1) is 5.92 Å². The van der Waals surface area contributed by atoms with E-state index in [0.717, 1.165) is 5.56 Å². The van der Waals surface area contributed by atoms with E-state index in [1.165, 1.54) is 4.80 Å². The summed E-state index contributed by atoms with van der Waals surface area (Å²) >= 11 is 0. The van der Waals surface area contributed by atoms with Crippen molar-refractivity contribution in [3.05, 3.63) is 30.3 Å². The normalized spacial score (nSPS) is 18.5. The van der Waals surface area contributed by atoms with Gasteiger partial charge in [0.1, 0.15) is 0 Å². The lowest BCUT2D eigenvalue weighted by atomic mass is 10.0. The molecule has 1 saturated heterocycles. The molecular formula is C17H21N5O3. The number of hydrogen-bond acceptors (Lipinski definition) is 5. The van der Waals surface area contributed by atoms with Crippen LogP contribution in [0.25, 0.3) is 11.4 Å². The summed E-state index contributed by atoms with van der Waals surface area (Å²) in [4.78, 5) is 27.0. The first-order valence-electron chi connectivity index (χ1n) is 8.34. The number of nitrogens with zero attached hydrogens (tertiary/aromatic N) is 5. The summed E-state index contributed by atoms with van der Waals surface area (Å²) in [6, 6.07) is 8.84. The fourth-order valence-electron chi connectivity index (χ4n) is 3.05. The molecule has 0 aliphatic carbocycles. The van der Waals surface area contributed by atoms with Crippen LogP contribution in [-0.2, 0) is 9.59 Å². The molecule has 0 spiro atoms. The second kappa shape index (κ2) is 7.00. The summed E-state index contributed by atoms with van der Waals surface area (Å²) in [6.45, 7) is 4.51. The van der Waals surface area contributed by atoms with Crippen LogP contribution in [0.15, 0.2) is 30.3 Å². The molecule has 2 heterocycles. The van der Waals surface area contributed by atoms with Crippen LogP contribution in [0, 0.1) is 11.8 Å². The average molecular weight is 343 g/mol.